The summed E-state index contributed by atoms with van der Waals surface area (Å²) in [6.07, 6.45) is -5.17. The molecule has 0 bridgehead atoms. The molecule has 0 unspecified atom stereocenters. The van der Waals surface area contributed by atoms with E-state index < -0.39 is 23.5 Å². The third-order valence-corrected chi connectivity index (χ3v) is 7.75. The Hall–Kier alpha value is -3.76. The second-order valence-corrected chi connectivity index (χ2v) is 10.7. The topological polar surface area (TPSA) is 49.8 Å². The fourth-order valence-corrected chi connectivity index (χ4v) is 5.46. The number of halogens is 6. The Morgan fingerprint density at radius 2 is 0.929 bits per heavy atom. The van der Waals surface area contributed by atoms with Crippen LogP contribution in [0.5, 0.6) is 0 Å². The van der Waals surface area contributed by atoms with Gasteiger partial charge in [-0.2, -0.15) is 26.3 Å². The average Bonchev–Trinajstić information content (AvgIpc) is 2.98. The van der Waals surface area contributed by atoms with Gasteiger partial charge in [0.2, 0.25) is 0 Å². The first-order valence-electron chi connectivity index (χ1n) is 13.6. The van der Waals surface area contributed by atoms with E-state index in [1.54, 1.807) is 12.4 Å². The molecule has 0 spiro atoms. The first-order valence-corrected chi connectivity index (χ1v) is 13.6. The molecule has 0 saturated carbocycles. The van der Waals surface area contributed by atoms with Crippen LogP contribution in [0.2, 0.25) is 0 Å². The van der Waals surface area contributed by atoms with Gasteiger partial charge in [0.25, 0.3) is 0 Å². The van der Waals surface area contributed by atoms with Crippen molar-refractivity contribution >= 4 is 0 Å². The Kier molecular flexibility index (Phi) is 8.39. The van der Waals surface area contributed by atoms with Crippen molar-refractivity contribution in [2.75, 3.05) is 13.1 Å². The number of nitrogens with zero attached hydrogens (tertiary/aromatic N) is 2. The van der Waals surface area contributed by atoms with E-state index in [0.717, 1.165) is 71.0 Å². The Morgan fingerprint density at radius 1 is 0.571 bits per heavy atom. The molecule has 220 valence electrons. The molecule has 2 aliphatic heterocycles. The monoisotopic (exact) mass is 584 g/mol. The number of rotatable bonds is 2. The quantitative estimate of drug-likeness (QED) is 0.236. The molecule has 4 aromatic rings. The van der Waals surface area contributed by atoms with Gasteiger partial charge in [0, 0.05) is 25.5 Å². The van der Waals surface area contributed by atoms with Crippen molar-refractivity contribution < 1.29 is 26.3 Å². The van der Waals surface area contributed by atoms with Gasteiger partial charge in [-0.15, -0.1) is 0 Å². The maximum absolute atomic E-state index is 12.6. The zero-order valence-electron chi connectivity index (χ0n) is 23.0. The predicted octanol–water partition coefficient (Wildman–Crippen LogP) is 7.79. The zero-order chi connectivity index (χ0) is 30.1. The number of pyridine rings is 2. The van der Waals surface area contributed by atoms with E-state index in [1.165, 1.54) is 24.3 Å². The van der Waals surface area contributed by atoms with Crippen LogP contribution in [0, 0.1) is 0 Å². The highest BCUT2D eigenvalue weighted by Crippen LogP contribution is 2.36. The van der Waals surface area contributed by atoms with E-state index in [-0.39, 0.29) is 12.1 Å². The minimum Gasteiger partial charge on any atom is -0.304 e. The van der Waals surface area contributed by atoms with E-state index in [1.807, 2.05) is 24.3 Å². The zero-order valence-corrected chi connectivity index (χ0v) is 23.0. The van der Waals surface area contributed by atoms with Gasteiger partial charge in [0.05, 0.1) is 34.6 Å². The van der Waals surface area contributed by atoms with Crippen molar-refractivity contribution in [2.45, 2.75) is 50.1 Å². The molecule has 0 amide bonds. The first kappa shape index (κ1) is 29.7. The van der Waals surface area contributed by atoms with Crippen molar-refractivity contribution in [3.8, 4) is 0 Å². The van der Waals surface area contributed by atoms with Crippen LogP contribution in [0.1, 0.15) is 82.5 Å². The van der Waals surface area contributed by atoms with E-state index >= 15 is 0 Å². The van der Waals surface area contributed by atoms with Crippen LogP contribution in [0.4, 0.5) is 26.3 Å². The van der Waals surface area contributed by atoms with Gasteiger partial charge in [-0.3, -0.25) is 9.97 Å². The minimum atomic E-state index is -4.30. The second-order valence-electron chi connectivity index (χ2n) is 10.7. The van der Waals surface area contributed by atoms with Gasteiger partial charge >= 0.3 is 12.4 Å². The second kappa shape index (κ2) is 11.9. The molecule has 2 aromatic heterocycles. The lowest BCUT2D eigenvalue weighted by atomic mass is 9.88. The van der Waals surface area contributed by atoms with Crippen LogP contribution in [-0.2, 0) is 12.4 Å². The highest BCUT2D eigenvalue weighted by molar-refractivity contribution is 5.39. The third kappa shape index (κ3) is 6.34. The molecule has 10 heteroatoms. The Balaban J connectivity index is 0.000000168. The van der Waals surface area contributed by atoms with E-state index in [0.29, 0.717) is 11.8 Å². The van der Waals surface area contributed by atoms with Crippen molar-refractivity contribution in [1.29, 1.82) is 0 Å². The molecule has 4 nitrogen and oxygen atoms in total. The van der Waals surface area contributed by atoms with Crippen LogP contribution in [0.15, 0.2) is 85.2 Å². The van der Waals surface area contributed by atoms with Gasteiger partial charge in [-0.1, -0.05) is 50.2 Å². The average molecular weight is 585 g/mol. The Morgan fingerprint density at radius 3 is 1.26 bits per heavy atom. The number of aromatic nitrogens is 2. The maximum atomic E-state index is 12.6. The lowest BCUT2D eigenvalue weighted by Crippen LogP contribution is -2.33. The van der Waals surface area contributed by atoms with Crippen molar-refractivity contribution in [3.05, 3.63) is 130 Å². The summed E-state index contributed by atoms with van der Waals surface area (Å²) in [5.41, 5.74) is 4.45. The fraction of sp³-hybridized carbons (Fsp3) is 0.312. The standard InChI is InChI=1S/2C16H15F3N2/c2*1-10-9-21-14(15-13(10)3-2-8-20-15)11-4-6-12(7-5-11)16(17,18)19/h2*2-8,10,14,21H,9H2,1H3/t2*10-,14-/m10/s1. The fourth-order valence-electron chi connectivity index (χ4n) is 5.46. The summed E-state index contributed by atoms with van der Waals surface area (Å²) in [6, 6.07) is 18.1. The van der Waals surface area contributed by atoms with Crippen LogP contribution in [0.25, 0.3) is 0 Å². The lowest BCUT2D eigenvalue weighted by Gasteiger charge is -2.30. The predicted molar refractivity (Wildman–Crippen MR) is 148 cm³/mol. The molecule has 0 saturated heterocycles. The largest absolute Gasteiger partial charge is 0.416 e. The summed E-state index contributed by atoms with van der Waals surface area (Å²) in [5, 5.41) is 6.71. The van der Waals surface area contributed by atoms with Crippen LogP contribution in [-0.4, -0.2) is 23.1 Å². The molecular weight excluding hydrogens is 554 g/mol. The first-order chi connectivity index (χ1) is 19.9. The summed E-state index contributed by atoms with van der Waals surface area (Å²) >= 11 is 0. The van der Waals surface area contributed by atoms with Crippen molar-refractivity contribution in [1.82, 2.24) is 20.6 Å². The molecule has 4 heterocycles. The van der Waals surface area contributed by atoms with Gasteiger partial charge < -0.3 is 10.6 Å². The molecule has 0 fully saturated rings. The van der Waals surface area contributed by atoms with Crippen LogP contribution >= 0.6 is 0 Å². The van der Waals surface area contributed by atoms with Gasteiger partial charge in [0.15, 0.2) is 0 Å². The number of hydrogen-bond donors (Lipinski definition) is 2. The van der Waals surface area contributed by atoms with Crippen molar-refractivity contribution in [2.24, 2.45) is 0 Å². The minimum absolute atomic E-state index is 0.153. The summed E-state index contributed by atoms with van der Waals surface area (Å²) in [4.78, 5) is 8.83. The Labute approximate surface area is 240 Å². The number of hydrogen-bond acceptors (Lipinski definition) is 4. The van der Waals surface area contributed by atoms with Crippen LogP contribution in [0.3, 0.4) is 0 Å². The van der Waals surface area contributed by atoms with E-state index in [4.69, 9.17) is 0 Å². The van der Waals surface area contributed by atoms with Gasteiger partial charge in [0.1, 0.15) is 0 Å². The van der Waals surface area contributed by atoms with E-state index in [2.05, 4.69) is 34.4 Å². The lowest BCUT2D eigenvalue weighted by molar-refractivity contribution is -0.138. The molecular formula is C32H30F6N4. The molecule has 0 aliphatic carbocycles. The van der Waals surface area contributed by atoms with E-state index in [9.17, 15) is 26.3 Å². The van der Waals surface area contributed by atoms with Crippen LogP contribution < -0.4 is 10.6 Å². The smallest absolute Gasteiger partial charge is 0.304 e. The number of fused-ring (bicyclic) bond motifs is 2. The molecule has 42 heavy (non-hydrogen) atoms. The summed E-state index contributed by atoms with van der Waals surface area (Å²) in [5.74, 6) is 0.693. The molecule has 2 aliphatic rings. The highest BCUT2D eigenvalue weighted by atomic mass is 19.4. The normalized spacial score (nSPS) is 21.9. The molecule has 2 N–H and O–H groups in total. The number of nitrogens with one attached hydrogen (secondary N) is 2. The molecule has 6 rings (SSSR count). The highest BCUT2D eigenvalue weighted by Gasteiger charge is 2.33. The van der Waals surface area contributed by atoms with Gasteiger partial charge in [-0.25, -0.2) is 0 Å². The summed E-state index contributed by atoms with van der Waals surface area (Å²) in [6.45, 7) is 5.78. The summed E-state index contributed by atoms with van der Waals surface area (Å²) < 4.78 is 75.7. The molecule has 0 radical (unpaired) electrons. The third-order valence-electron chi connectivity index (χ3n) is 7.75. The number of alkyl halides is 6. The summed E-state index contributed by atoms with van der Waals surface area (Å²) in [7, 11) is 0. The molecule has 4 atom stereocenters. The van der Waals surface area contributed by atoms with Gasteiger partial charge in [-0.05, 0) is 70.5 Å². The maximum Gasteiger partial charge on any atom is 0.416 e. The number of benzene rings is 2. The Bertz CT molecular complexity index is 1380. The molecule has 2 aromatic carbocycles. The van der Waals surface area contributed by atoms with Crippen molar-refractivity contribution in [3.63, 3.8) is 0 Å². The SMILES string of the molecule is C[C@@H]1CN[C@H](c2ccc(C(F)(F)F)cc2)c2ncccc21.C[C@H]1CN[C@@H](c2ccc(C(F)(F)F)cc2)c2ncccc21.